The quantitative estimate of drug-likeness (QED) is 0.547. The number of alkyl halides is 2. The number of nitrogens with one attached hydrogen (secondary N) is 2. The molecule has 2 aliphatic heterocycles. The number of esters is 1. The maximum Gasteiger partial charge on any atom is 0.409 e. The zero-order valence-electron chi connectivity index (χ0n) is 19.0. The van der Waals surface area contributed by atoms with Gasteiger partial charge in [0.2, 0.25) is 0 Å². The third kappa shape index (κ3) is 6.13. The van der Waals surface area contributed by atoms with Gasteiger partial charge in [-0.1, -0.05) is 18.2 Å². The minimum absolute atomic E-state index is 0.0870. The smallest absolute Gasteiger partial charge is 0.409 e. The highest BCUT2D eigenvalue weighted by atomic mass is 19.3. The van der Waals surface area contributed by atoms with Crippen LogP contribution in [0.1, 0.15) is 25.5 Å². The van der Waals surface area contributed by atoms with E-state index in [1.165, 1.54) is 18.2 Å². The Labute approximate surface area is 195 Å². The first-order valence-corrected chi connectivity index (χ1v) is 11.0. The van der Waals surface area contributed by atoms with Crippen molar-refractivity contribution in [2.24, 2.45) is 0 Å². The average molecular weight is 482 g/mol. The number of carbonyl (C=O) groups excluding carboxylic acids is 3. The maximum atomic E-state index is 13.0. The lowest BCUT2D eigenvalue weighted by Crippen LogP contribution is -2.52. The molecule has 186 valence electrons. The molecule has 0 bridgehead atoms. The summed E-state index contributed by atoms with van der Waals surface area (Å²) in [5.74, 6) is -0.846. The fraction of sp³-hybridized carbons (Fsp3) is 0.500. The van der Waals surface area contributed by atoms with E-state index in [9.17, 15) is 23.2 Å². The van der Waals surface area contributed by atoms with Crippen molar-refractivity contribution in [2.75, 3.05) is 45.9 Å². The lowest BCUT2D eigenvalue weighted by Gasteiger charge is -2.36. The highest BCUT2D eigenvalue weighted by molar-refractivity contribution is 5.95. The van der Waals surface area contributed by atoms with Crippen LogP contribution in [0.5, 0.6) is 5.75 Å². The number of rotatable bonds is 8. The normalized spacial score (nSPS) is 18.9. The Morgan fingerprint density at radius 1 is 1.09 bits per heavy atom. The summed E-state index contributed by atoms with van der Waals surface area (Å²) in [6.07, 6.45) is -0.389. The number of carbonyl (C=O) groups is 3. The molecule has 1 unspecified atom stereocenters. The SMILES string of the molecule is CCOC(=O)C1=C(CN2CCN(C(=O)OCC)CC2)NC(=O)NC1c1ccccc1OC(F)F. The number of hydrogen-bond acceptors (Lipinski definition) is 7. The number of nitrogens with zero attached hydrogens (tertiary/aromatic N) is 2. The molecule has 0 aromatic heterocycles. The van der Waals surface area contributed by atoms with Crippen molar-refractivity contribution in [3.05, 3.63) is 41.1 Å². The van der Waals surface area contributed by atoms with E-state index in [-0.39, 0.29) is 42.7 Å². The van der Waals surface area contributed by atoms with Crippen LogP contribution in [-0.2, 0) is 14.3 Å². The molecule has 10 nitrogen and oxygen atoms in total. The number of ether oxygens (including phenoxy) is 3. The number of benzene rings is 1. The lowest BCUT2D eigenvalue weighted by molar-refractivity contribution is -0.139. The van der Waals surface area contributed by atoms with Crippen molar-refractivity contribution in [3.8, 4) is 5.75 Å². The molecule has 2 heterocycles. The van der Waals surface area contributed by atoms with Crippen LogP contribution >= 0.6 is 0 Å². The van der Waals surface area contributed by atoms with Crippen molar-refractivity contribution >= 4 is 18.1 Å². The summed E-state index contributed by atoms with van der Waals surface area (Å²) in [5.41, 5.74) is 0.591. The van der Waals surface area contributed by atoms with E-state index in [0.29, 0.717) is 31.9 Å². The van der Waals surface area contributed by atoms with E-state index in [4.69, 9.17) is 9.47 Å². The molecule has 34 heavy (non-hydrogen) atoms. The zero-order valence-corrected chi connectivity index (χ0v) is 19.0. The van der Waals surface area contributed by atoms with Gasteiger partial charge in [0, 0.05) is 44.0 Å². The average Bonchev–Trinajstić information content (AvgIpc) is 2.79. The molecule has 3 amide bonds. The van der Waals surface area contributed by atoms with Crippen molar-refractivity contribution < 1.29 is 37.4 Å². The van der Waals surface area contributed by atoms with Gasteiger partial charge in [0.15, 0.2) is 0 Å². The van der Waals surface area contributed by atoms with Gasteiger partial charge in [-0.2, -0.15) is 8.78 Å². The molecule has 1 atom stereocenters. The van der Waals surface area contributed by atoms with Crippen LogP contribution in [0.4, 0.5) is 18.4 Å². The number of piperazine rings is 1. The summed E-state index contributed by atoms with van der Waals surface area (Å²) in [7, 11) is 0. The van der Waals surface area contributed by atoms with Crippen molar-refractivity contribution in [1.82, 2.24) is 20.4 Å². The standard InChI is InChI=1S/C22H28F2N4O6/c1-3-32-19(29)17-15(13-27-9-11-28(12-10-27)22(31)33-4-2)25-21(30)26-18(17)14-7-5-6-8-16(14)34-20(23)24/h5-8,18,20H,3-4,9-13H2,1-2H3,(H2,25,26,30). The second-order valence-corrected chi connectivity index (χ2v) is 7.52. The van der Waals surface area contributed by atoms with Gasteiger partial charge >= 0.3 is 24.7 Å². The highest BCUT2D eigenvalue weighted by Gasteiger charge is 2.36. The van der Waals surface area contributed by atoms with Gasteiger partial charge < -0.3 is 29.7 Å². The molecule has 0 radical (unpaired) electrons. The Balaban J connectivity index is 1.89. The molecule has 2 aliphatic rings. The summed E-state index contributed by atoms with van der Waals surface area (Å²) in [6.45, 7) is 2.66. The van der Waals surface area contributed by atoms with Crippen LogP contribution in [0.15, 0.2) is 35.5 Å². The molecule has 1 aromatic rings. The number of urea groups is 1. The lowest BCUT2D eigenvalue weighted by atomic mass is 9.94. The fourth-order valence-electron chi connectivity index (χ4n) is 3.88. The first-order valence-electron chi connectivity index (χ1n) is 11.0. The number of amides is 3. The van der Waals surface area contributed by atoms with Gasteiger partial charge in [-0.15, -0.1) is 0 Å². The van der Waals surface area contributed by atoms with Crippen molar-refractivity contribution in [2.45, 2.75) is 26.5 Å². The third-order valence-electron chi connectivity index (χ3n) is 5.38. The number of para-hydroxylation sites is 1. The van der Waals surface area contributed by atoms with Gasteiger partial charge in [-0.05, 0) is 19.9 Å². The third-order valence-corrected chi connectivity index (χ3v) is 5.38. The summed E-state index contributed by atoms with van der Waals surface area (Å²) < 4.78 is 40.8. The van der Waals surface area contributed by atoms with Gasteiger partial charge in [-0.3, -0.25) is 4.90 Å². The van der Waals surface area contributed by atoms with E-state index in [0.717, 1.165) is 0 Å². The van der Waals surface area contributed by atoms with Crippen LogP contribution in [-0.4, -0.2) is 80.4 Å². The summed E-state index contributed by atoms with van der Waals surface area (Å²) in [6, 6.07) is 4.31. The van der Waals surface area contributed by atoms with Crippen molar-refractivity contribution in [3.63, 3.8) is 0 Å². The van der Waals surface area contributed by atoms with E-state index in [1.807, 2.05) is 4.90 Å². The molecule has 12 heteroatoms. The first kappa shape index (κ1) is 25.2. The Hall–Kier alpha value is -3.41. The van der Waals surface area contributed by atoms with Crippen LogP contribution in [0, 0.1) is 0 Å². The van der Waals surface area contributed by atoms with E-state index >= 15 is 0 Å². The van der Waals surface area contributed by atoms with Crippen LogP contribution < -0.4 is 15.4 Å². The fourth-order valence-corrected chi connectivity index (χ4v) is 3.88. The van der Waals surface area contributed by atoms with Crippen LogP contribution in [0.2, 0.25) is 0 Å². The predicted octanol–water partition coefficient (Wildman–Crippen LogP) is 2.23. The second kappa shape index (κ2) is 11.6. The Morgan fingerprint density at radius 3 is 2.41 bits per heavy atom. The summed E-state index contributed by atoms with van der Waals surface area (Å²) in [5, 5.41) is 5.28. The number of hydrogen-bond donors (Lipinski definition) is 2. The second-order valence-electron chi connectivity index (χ2n) is 7.52. The Bertz CT molecular complexity index is 934. The molecular weight excluding hydrogens is 454 g/mol. The van der Waals surface area contributed by atoms with Gasteiger partial charge in [0.05, 0.1) is 24.8 Å². The zero-order chi connectivity index (χ0) is 24.7. The molecule has 1 aromatic carbocycles. The minimum Gasteiger partial charge on any atom is -0.463 e. The Kier molecular flexibility index (Phi) is 8.63. The number of halogens is 2. The Morgan fingerprint density at radius 2 is 1.76 bits per heavy atom. The van der Waals surface area contributed by atoms with Crippen LogP contribution in [0.25, 0.3) is 0 Å². The topological polar surface area (TPSA) is 109 Å². The van der Waals surface area contributed by atoms with E-state index < -0.39 is 24.7 Å². The van der Waals surface area contributed by atoms with E-state index in [2.05, 4.69) is 15.4 Å². The largest absolute Gasteiger partial charge is 0.463 e. The molecule has 1 fully saturated rings. The minimum atomic E-state index is -3.08. The molecule has 1 saturated heterocycles. The monoisotopic (exact) mass is 482 g/mol. The molecule has 0 saturated carbocycles. The van der Waals surface area contributed by atoms with Crippen molar-refractivity contribution in [1.29, 1.82) is 0 Å². The summed E-state index contributed by atoms with van der Waals surface area (Å²) in [4.78, 5) is 40.9. The maximum absolute atomic E-state index is 13.0. The predicted molar refractivity (Wildman–Crippen MR) is 116 cm³/mol. The molecule has 2 N–H and O–H groups in total. The molecule has 0 aliphatic carbocycles. The van der Waals surface area contributed by atoms with Gasteiger partial charge in [0.1, 0.15) is 5.75 Å². The molecule has 3 rings (SSSR count). The highest BCUT2D eigenvalue weighted by Crippen LogP contribution is 2.34. The van der Waals surface area contributed by atoms with Gasteiger partial charge in [-0.25, -0.2) is 14.4 Å². The summed E-state index contributed by atoms with van der Waals surface area (Å²) >= 11 is 0. The molecule has 0 spiro atoms. The van der Waals surface area contributed by atoms with Gasteiger partial charge in [0.25, 0.3) is 0 Å². The molecular formula is C22H28F2N4O6. The first-order chi connectivity index (χ1) is 16.3. The van der Waals surface area contributed by atoms with E-state index in [1.54, 1.807) is 24.8 Å². The van der Waals surface area contributed by atoms with Crippen LogP contribution in [0.3, 0.4) is 0 Å².